The molecule has 0 aromatic heterocycles. The molecular weight excluding hydrogens is 338 g/mol. The van der Waals surface area contributed by atoms with Gasteiger partial charge in [0.2, 0.25) is 0 Å². The molecule has 130 valence electrons. The molecule has 1 atom stereocenters. The molecule has 1 aliphatic rings. The molecule has 5 heteroatoms. The Hall–Kier alpha value is -2.33. The molecule has 0 aliphatic carbocycles. The Morgan fingerprint density at radius 2 is 1.80 bits per heavy atom. The minimum atomic E-state index is -0.787. The summed E-state index contributed by atoms with van der Waals surface area (Å²) in [6, 6.07) is 15.1. The van der Waals surface area contributed by atoms with Crippen LogP contribution in [0.15, 0.2) is 48.5 Å². The van der Waals surface area contributed by atoms with Crippen molar-refractivity contribution in [1.82, 2.24) is 4.90 Å². The third kappa shape index (κ3) is 4.40. The van der Waals surface area contributed by atoms with Crippen molar-refractivity contribution in [3.8, 4) is 0 Å². The van der Waals surface area contributed by atoms with Crippen LogP contribution in [-0.4, -0.2) is 29.4 Å². The Labute approximate surface area is 152 Å². The number of ether oxygens (including phenoxy) is 1. The summed E-state index contributed by atoms with van der Waals surface area (Å²) in [5.41, 5.74) is 3.24. The predicted octanol–water partition coefficient (Wildman–Crippen LogP) is 3.40. The standard InChI is InChI=1S/C20H20ClNO3/c1-14(25-19(23)12-15-6-8-18(21)9-7-15)20(24)22-11-10-16-4-2-3-5-17(16)13-22/h2-9,14H,10-13H2,1H3/t14-/m1/s1. The number of carbonyl (C=O) groups is 2. The zero-order valence-electron chi connectivity index (χ0n) is 14.1. The predicted molar refractivity (Wildman–Crippen MR) is 96.3 cm³/mol. The molecule has 2 aromatic rings. The largest absolute Gasteiger partial charge is 0.452 e. The van der Waals surface area contributed by atoms with E-state index in [1.165, 1.54) is 5.56 Å². The van der Waals surface area contributed by atoms with E-state index in [4.69, 9.17) is 16.3 Å². The van der Waals surface area contributed by atoms with Crippen LogP contribution in [0.25, 0.3) is 0 Å². The molecule has 3 rings (SSSR count). The smallest absolute Gasteiger partial charge is 0.311 e. The van der Waals surface area contributed by atoms with Crippen LogP contribution in [0.5, 0.6) is 0 Å². The number of benzene rings is 2. The van der Waals surface area contributed by atoms with Gasteiger partial charge < -0.3 is 9.64 Å². The van der Waals surface area contributed by atoms with Gasteiger partial charge in [0.25, 0.3) is 5.91 Å². The van der Waals surface area contributed by atoms with E-state index in [0.29, 0.717) is 18.1 Å². The molecule has 0 spiro atoms. The lowest BCUT2D eigenvalue weighted by Gasteiger charge is -2.30. The molecule has 0 unspecified atom stereocenters. The van der Waals surface area contributed by atoms with Crippen molar-refractivity contribution in [3.05, 3.63) is 70.2 Å². The van der Waals surface area contributed by atoms with Gasteiger partial charge in [-0.05, 0) is 42.2 Å². The van der Waals surface area contributed by atoms with Crippen molar-refractivity contribution < 1.29 is 14.3 Å². The van der Waals surface area contributed by atoms with Gasteiger partial charge in [0, 0.05) is 18.1 Å². The van der Waals surface area contributed by atoms with Crippen molar-refractivity contribution in [2.24, 2.45) is 0 Å². The highest BCUT2D eigenvalue weighted by Crippen LogP contribution is 2.19. The van der Waals surface area contributed by atoms with Crippen molar-refractivity contribution in [2.75, 3.05) is 6.54 Å². The molecule has 0 fully saturated rings. The van der Waals surface area contributed by atoms with Crippen LogP contribution >= 0.6 is 11.6 Å². The molecule has 1 aliphatic heterocycles. The zero-order valence-corrected chi connectivity index (χ0v) is 14.8. The third-order valence-corrected chi connectivity index (χ3v) is 4.61. The quantitative estimate of drug-likeness (QED) is 0.788. The molecule has 0 radical (unpaired) electrons. The van der Waals surface area contributed by atoms with Gasteiger partial charge >= 0.3 is 5.97 Å². The van der Waals surface area contributed by atoms with E-state index in [0.717, 1.165) is 17.5 Å². The van der Waals surface area contributed by atoms with Crippen LogP contribution in [-0.2, 0) is 33.7 Å². The molecule has 1 heterocycles. The number of hydrogen-bond donors (Lipinski definition) is 0. The topological polar surface area (TPSA) is 46.6 Å². The second-order valence-corrected chi connectivity index (χ2v) is 6.65. The first-order valence-electron chi connectivity index (χ1n) is 8.32. The van der Waals surface area contributed by atoms with Gasteiger partial charge in [-0.1, -0.05) is 48.0 Å². The number of amides is 1. The number of carbonyl (C=O) groups excluding carboxylic acids is 2. The average molecular weight is 358 g/mol. The van der Waals surface area contributed by atoms with E-state index < -0.39 is 12.1 Å². The van der Waals surface area contributed by atoms with Gasteiger partial charge in [-0.15, -0.1) is 0 Å². The summed E-state index contributed by atoms with van der Waals surface area (Å²) < 4.78 is 5.32. The van der Waals surface area contributed by atoms with Crippen LogP contribution in [0, 0.1) is 0 Å². The first-order valence-corrected chi connectivity index (χ1v) is 8.70. The molecular formula is C20H20ClNO3. The highest BCUT2D eigenvalue weighted by molar-refractivity contribution is 6.30. The minimum absolute atomic E-state index is 0.123. The van der Waals surface area contributed by atoms with Crippen LogP contribution in [0.1, 0.15) is 23.6 Å². The Kier molecular flexibility index (Phi) is 5.39. The molecule has 0 bridgehead atoms. The Morgan fingerprint density at radius 1 is 1.12 bits per heavy atom. The lowest BCUT2D eigenvalue weighted by molar-refractivity contribution is -0.159. The van der Waals surface area contributed by atoms with Crippen LogP contribution < -0.4 is 0 Å². The van der Waals surface area contributed by atoms with E-state index in [9.17, 15) is 9.59 Å². The summed E-state index contributed by atoms with van der Waals surface area (Å²) in [7, 11) is 0. The zero-order chi connectivity index (χ0) is 17.8. The lowest BCUT2D eigenvalue weighted by atomic mass is 9.99. The number of esters is 1. The fourth-order valence-electron chi connectivity index (χ4n) is 3.00. The number of halogens is 1. The van der Waals surface area contributed by atoms with E-state index in [2.05, 4.69) is 6.07 Å². The molecule has 4 nitrogen and oxygen atoms in total. The summed E-state index contributed by atoms with van der Waals surface area (Å²) in [6.45, 7) is 2.84. The molecule has 0 saturated carbocycles. The van der Waals surface area contributed by atoms with Crippen molar-refractivity contribution in [3.63, 3.8) is 0 Å². The van der Waals surface area contributed by atoms with Gasteiger partial charge in [0.1, 0.15) is 0 Å². The normalized spacial score (nSPS) is 14.6. The van der Waals surface area contributed by atoms with Crippen molar-refractivity contribution >= 4 is 23.5 Å². The average Bonchev–Trinajstić information content (AvgIpc) is 2.62. The Bertz CT molecular complexity index is 773. The van der Waals surface area contributed by atoms with Gasteiger partial charge in [-0.3, -0.25) is 9.59 Å². The fourth-order valence-corrected chi connectivity index (χ4v) is 3.13. The van der Waals surface area contributed by atoms with E-state index in [1.807, 2.05) is 18.2 Å². The van der Waals surface area contributed by atoms with Crippen LogP contribution in [0.3, 0.4) is 0 Å². The van der Waals surface area contributed by atoms with Crippen LogP contribution in [0.4, 0.5) is 0 Å². The summed E-state index contributed by atoms with van der Waals surface area (Å²) in [5.74, 6) is -0.570. The molecule has 2 aromatic carbocycles. The van der Waals surface area contributed by atoms with Crippen LogP contribution in [0.2, 0.25) is 5.02 Å². The second kappa shape index (κ2) is 7.70. The van der Waals surface area contributed by atoms with E-state index in [1.54, 1.807) is 36.1 Å². The monoisotopic (exact) mass is 357 g/mol. The molecule has 25 heavy (non-hydrogen) atoms. The number of rotatable bonds is 4. The van der Waals surface area contributed by atoms with E-state index >= 15 is 0 Å². The molecule has 0 saturated heterocycles. The summed E-state index contributed by atoms with van der Waals surface area (Å²) in [6.07, 6.45) is 0.162. The summed E-state index contributed by atoms with van der Waals surface area (Å²) in [4.78, 5) is 26.4. The van der Waals surface area contributed by atoms with Gasteiger partial charge in [0.15, 0.2) is 6.10 Å². The van der Waals surface area contributed by atoms with E-state index in [-0.39, 0.29) is 12.3 Å². The summed E-state index contributed by atoms with van der Waals surface area (Å²) in [5, 5.41) is 0.617. The highest BCUT2D eigenvalue weighted by atomic mass is 35.5. The molecule has 0 N–H and O–H groups in total. The van der Waals surface area contributed by atoms with Gasteiger partial charge in [-0.2, -0.15) is 0 Å². The summed E-state index contributed by atoms with van der Waals surface area (Å²) >= 11 is 5.83. The van der Waals surface area contributed by atoms with Crippen molar-refractivity contribution in [2.45, 2.75) is 32.4 Å². The lowest BCUT2D eigenvalue weighted by Crippen LogP contribution is -2.42. The SMILES string of the molecule is C[C@@H](OC(=O)Cc1ccc(Cl)cc1)C(=O)N1CCc2ccccc2C1. The first-order chi connectivity index (χ1) is 12.0. The van der Waals surface area contributed by atoms with Gasteiger partial charge in [-0.25, -0.2) is 0 Å². The minimum Gasteiger partial charge on any atom is -0.452 e. The second-order valence-electron chi connectivity index (χ2n) is 6.21. The Morgan fingerprint density at radius 3 is 2.52 bits per heavy atom. The fraction of sp³-hybridized carbons (Fsp3) is 0.300. The maximum Gasteiger partial charge on any atom is 0.311 e. The number of hydrogen-bond acceptors (Lipinski definition) is 3. The highest BCUT2D eigenvalue weighted by Gasteiger charge is 2.26. The van der Waals surface area contributed by atoms with Gasteiger partial charge in [0.05, 0.1) is 6.42 Å². The maximum absolute atomic E-state index is 12.6. The number of fused-ring (bicyclic) bond motifs is 1. The third-order valence-electron chi connectivity index (χ3n) is 4.36. The Balaban J connectivity index is 1.56. The maximum atomic E-state index is 12.6. The van der Waals surface area contributed by atoms with Crippen molar-refractivity contribution in [1.29, 1.82) is 0 Å². The molecule has 1 amide bonds. The number of nitrogens with zero attached hydrogens (tertiary/aromatic N) is 1. The first kappa shape index (κ1) is 17.5.